The van der Waals surface area contributed by atoms with Crippen molar-refractivity contribution in [1.29, 1.82) is 0 Å². The highest BCUT2D eigenvalue weighted by Gasteiger charge is 2.26. The second kappa shape index (κ2) is 4.39. The van der Waals surface area contributed by atoms with Crippen LogP contribution in [-0.2, 0) is 20.7 Å². The van der Waals surface area contributed by atoms with E-state index in [-0.39, 0.29) is 11.8 Å². The Labute approximate surface area is 110 Å². The van der Waals surface area contributed by atoms with Gasteiger partial charge in [0.15, 0.2) is 5.78 Å². The lowest BCUT2D eigenvalue weighted by atomic mass is 10.1. The van der Waals surface area contributed by atoms with Gasteiger partial charge in [0.2, 0.25) is 0 Å². The molecule has 1 aromatic rings. The largest absolute Gasteiger partial charge is 0.458 e. The molecule has 0 spiro atoms. The summed E-state index contributed by atoms with van der Waals surface area (Å²) in [6.07, 6.45) is 2.82. The summed E-state index contributed by atoms with van der Waals surface area (Å²) in [4.78, 5) is 23.2. The summed E-state index contributed by atoms with van der Waals surface area (Å²) >= 11 is 0. The molecule has 4 nitrogen and oxygen atoms in total. The molecule has 0 aromatic heterocycles. The lowest BCUT2D eigenvalue weighted by molar-refractivity contribution is -0.152. The molecule has 1 aromatic carbocycles. The lowest BCUT2D eigenvalue weighted by Crippen LogP contribution is -2.10. The quantitative estimate of drug-likeness (QED) is 0.462. The van der Waals surface area contributed by atoms with E-state index in [1.807, 2.05) is 18.2 Å². The zero-order valence-electron chi connectivity index (χ0n) is 10.4. The first kappa shape index (κ1) is 11.7. The molecule has 1 atom stereocenters. The van der Waals surface area contributed by atoms with Crippen molar-refractivity contribution in [1.82, 2.24) is 0 Å². The van der Waals surface area contributed by atoms with Crippen molar-refractivity contribution < 1.29 is 19.1 Å². The molecular formula is C15H12O4. The molecule has 0 N–H and O–H groups in total. The molecule has 0 radical (unpaired) electrons. The predicted octanol–water partition coefficient (Wildman–Crippen LogP) is 2.16. The van der Waals surface area contributed by atoms with Gasteiger partial charge in [-0.1, -0.05) is 24.3 Å². The van der Waals surface area contributed by atoms with Gasteiger partial charge in [-0.25, -0.2) is 4.79 Å². The normalized spacial score (nSPS) is 23.3. The monoisotopic (exact) mass is 256 g/mol. The smallest absolute Gasteiger partial charge is 0.336 e. The van der Waals surface area contributed by atoms with Crippen molar-refractivity contribution in [3.63, 3.8) is 0 Å². The van der Waals surface area contributed by atoms with E-state index in [9.17, 15) is 9.59 Å². The number of Topliss-reactive ketones (excluding diaryl/α,β-unsaturated/α-hetero) is 1. The lowest BCUT2D eigenvalue weighted by Gasteiger charge is -2.07. The molecule has 1 heterocycles. The molecule has 0 amide bonds. The van der Waals surface area contributed by atoms with Crippen molar-refractivity contribution in [3.8, 4) is 0 Å². The van der Waals surface area contributed by atoms with Gasteiger partial charge >= 0.3 is 5.97 Å². The average Bonchev–Trinajstić information content (AvgIpc) is 2.89. The highest BCUT2D eigenvalue weighted by atomic mass is 16.7. The van der Waals surface area contributed by atoms with Gasteiger partial charge in [-0.2, -0.15) is 0 Å². The Morgan fingerprint density at radius 3 is 2.79 bits per heavy atom. The van der Waals surface area contributed by atoms with E-state index in [0.717, 1.165) is 5.56 Å². The molecule has 96 valence electrons. The number of ether oxygens (including phenoxy) is 2. The molecule has 0 saturated heterocycles. The van der Waals surface area contributed by atoms with Crippen LogP contribution in [0.5, 0.6) is 0 Å². The molecule has 0 unspecified atom stereocenters. The second-order valence-electron chi connectivity index (χ2n) is 4.57. The summed E-state index contributed by atoms with van der Waals surface area (Å²) < 4.78 is 10.3. The SMILES string of the molecule is CC1=C[C@H](O/C=C2/Cc3ccccc3C2=O)OC1=O. The number of fused-ring (bicyclic) bond motifs is 1. The highest BCUT2D eigenvalue weighted by molar-refractivity contribution is 6.12. The molecule has 1 aliphatic heterocycles. The second-order valence-corrected chi connectivity index (χ2v) is 4.57. The van der Waals surface area contributed by atoms with Crippen LogP contribution in [0.2, 0.25) is 0 Å². The zero-order chi connectivity index (χ0) is 13.4. The minimum absolute atomic E-state index is 0.0272. The van der Waals surface area contributed by atoms with Gasteiger partial charge in [0.1, 0.15) is 0 Å². The minimum atomic E-state index is -0.725. The van der Waals surface area contributed by atoms with E-state index in [1.165, 1.54) is 6.26 Å². The first-order chi connectivity index (χ1) is 9.15. The van der Waals surface area contributed by atoms with Crippen molar-refractivity contribution in [2.75, 3.05) is 0 Å². The van der Waals surface area contributed by atoms with E-state index >= 15 is 0 Å². The number of allylic oxidation sites excluding steroid dienone is 1. The third-order valence-corrected chi connectivity index (χ3v) is 3.21. The van der Waals surface area contributed by atoms with Crippen LogP contribution in [0.1, 0.15) is 22.8 Å². The maximum absolute atomic E-state index is 12.1. The topological polar surface area (TPSA) is 52.6 Å². The number of cyclic esters (lactones) is 1. The molecule has 19 heavy (non-hydrogen) atoms. The van der Waals surface area contributed by atoms with Crippen LogP contribution in [0, 0.1) is 0 Å². The van der Waals surface area contributed by atoms with Gasteiger partial charge in [0, 0.05) is 29.2 Å². The first-order valence-corrected chi connectivity index (χ1v) is 6.01. The van der Waals surface area contributed by atoms with Crippen molar-refractivity contribution in [2.24, 2.45) is 0 Å². The van der Waals surface area contributed by atoms with Crippen molar-refractivity contribution >= 4 is 11.8 Å². The summed E-state index contributed by atoms with van der Waals surface area (Å²) in [6, 6.07) is 7.47. The molecule has 2 aliphatic rings. The van der Waals surface area contributed by atoms with Gasteiger partial charge in [0.05, 0.1) is 6.26 Å². The fraction of sp³-hybridized carbons (Fsp3) is 0.200. The third-order valence-electron chi connectivity index (χ3n) is 3.21. The highest BCUT2D eigenvalue weighted by Crippen LogP contribution is 2.26. The van der Waals surface area contributed by atoms with Gasteiger partial charge < -0.3 is 9.47 Å². The fourth-order valence-electron chi connectivity index (χ4n) is 2.17. The number of ketones is 1. The molecule has 3 rings (SSSR count). The molecule has 0 saturated carbocycles. The number of hydrogen-bond donors (Lipinski definition) is 0. The van der Waals surface area contributed by atoms with E-state index in [1.54, 1.807) is 19.1 Å². The van der Waals surface area contributed by atoms with E-state index < -0.39 is 6.29 Å². The van der Waals surface area contributed by atoms with E-state index in [2.05, 4.69) is 0 Å². The molecule has 0 bridgehead atoms. The van der Waals surface area contributed by atoms with Crippen molar-refractivity contribution in [2.45, 2.75) is 19.6 Å². The van der Waals surface area contributed by atoms with E-state index in [0.29, 0.717) is 23.1 Å². The Morgan fingerprint density at radius 1 is 1.32 bits per heavy atom. The number of carbonyl (C=O) groups is 2. The van der Waals surface area contributed by atoms with Crippen LogP contribution in [-0.4, -0.2) is 18.0 Å². The summed E-state index contributed by atoms with van der Waals surface area (Å²) in [5, 5.41) is 0. The van der Waals surface area contributed by atoms with Crippen LogP contribution in [0.25, 0.3) is 0 Å². The third kappa shape index (κ3) is 2.05. The summed E-state index contributed by atoms with van der Waals surface area (Å²) in [7, 11) is 0. The van der Waals surface area contributed by atoms with Gasteiger partial charge in [-0.05, 0) is 12.5 Å². The van der Waals surface area contributed by atoms with Crippen LogP contribution >= 0.6 is 0 Å². The Balaban J connectivity index is 1.74. The zero-order valence-corrected chi connectivity index (χ0v) is 10.4. The summed E-state index contributed by atoms with van der Waals surface area (Å²) in [6.45, 7) is 1.66. The molecule has 1 aliphatic carbocycles. The maximum atomic E-state index is 12.1. The standard InChI is InChI=1S/C15H12O4/c1-9-6-13(19-15(9)17)18-8-11-7-10-4-2-3-5-12(10)14(11)16/h2-6,8,13H,7H2,1H3/b11-8-/t13-/m1/s1. The van der Waals surface area contributed by atoms with Crippen LogP contribution in [0.3, 0.4) is 0 Å². The number of hydrogen-bond acceptors (Lipinski definition) is 4. The molecular weight excluding hydrogens is 244 g/mol. The van der Waals surface area contributed by atoms with Gasteiger partial charge in [0.25, 0.3) is 6.29 Å². The number of esters is 1. The van der Waals surface area contributed by atoms with Crippen LogP contribution < -0.4 is 0 Å². The molecule has 4 heteroatoms. The fourth-order valence-corrected chi connectivity index (χ4v) is 2.17. The number of carbonyl (C=O) groups excluding carboxylic acids is 2. The van der Waals surface area contributed by atoms with Gasteiger partial charge in [-0.3, -0.25) is 4.79 Å². The van der Waals surface area contributed by atoms with Crippen LogP contribution in [0.15, 0.2) is 47.7 Å². The molecule has 0 fully saturated rings. The average molecular weight is 256 g/mol. The first-order valence-electron chi connectivity index (χ1n) is 6.01. The van der Waals surface area contributed by atoms with Crippen molar-refractivity contribution in [3.05, 3.63) is 58.9 Å². The minimum Gasteiger partial charge on any atom is -0.458 e. The Hall–Kier alpha value is -2.36. The summed E-state index contributed by atoms with van der Waals surface area (Å²) in [5.74, 6) is -0.412. The van der Waals surface area contributed by atoms with Gasteiger partial charge in [-0.15, -0.1) is 0 Å². The Kier molecular flexibility index (Phi) is 2.71. The summed E-state index contributed by atoms with van der Waals surface area (Å²) in [5.41, 5.74) is 2.81. The Bertz CT molecular complexity index is 625. The van der Waals surface area contributed by atoms with E-state index in [4.69, 9.17) is 9.47 Å². The number of benzene rings is 1. The van der Waals surface area contributed by atoms with Crippen LogP contribution in [0.4, 0.5) is 0 Å². The number of rotatable bonds is 2. The Morgan fingerprint density at radius 2 is 2.11 bits per heavy atom. The predicted molar refractivity (Wildman–Crippen MR) is 67.3 cm³/mol. The maximum Gasteiger partial charge on any atom is 0.336 e.